The average Bonchev–Trinajstić information content (AvgIpc) is 2.78. The zero-order chi connectivity index (χ0) is 12.3. The van der Waals surface area contributed by atoms with Gasteiger partial charge < -0.3 is 10.1 Å². The Labute approximate surface area is 102 Å². The summed E-state index contributed by atoms with van der Waals surface area (Å²) in [6, 6.07) is 8.19. The molecule has 3 nitrogen and oxygen atoms in total. The lowest BCUT2D eigenvalue weighted by molar-refractivity contribution is -0.145. The number of carbonyl (C=O) groups is 1. The molecule has 1 aliphatic heterocycles. The summed E-state index contributed by atoms with van der Waals surface area (Å²) in [6.45, 7) is 5.24. The molecule has 0 spiro atoms. The van der Waals surface area contributed by atoms with E-state index < -0.39 is 0 Å². The number of carbonyl (C=O) groups excluding carboxylic acids is 1. The van der Waals surface area contributed by atoms with Gasteiger partial charge in [0.15, 0.2) is 0 Å². The van der Waals surface area contributed by atoms with Crippen LogP contribution in [0.5, 0.6) is 0 Å². The van der Waals surface area contributed by atoms with Gasteiger partial charge in [-0.15, -0.1) is 0 Å². The van der Waals surface area contributed by atoms with Gasteiger partial charge in [-0.3, -0.25) is 4.79 Å². The summed E-state index contributed by atoms with van der Waals surface area (Å²) in [4.78, 5) is 11.8. The van der Waals surface area contributed by atoms with Gasteiger partial charge in [0.2, 0.25) is 0 Å². The van der Waals surface area contributed by atoms with Gasteiger partial charge in [0, 0.05) is 5.92 Å². The van der Waals surface area contributed by atoms with E-state index in [4.69, 9.17) is 4.74 Å². The molecule has 1 N–H and O–H groups in total. The second-order valence-corrected chi connectivity index (χ2v) is 4.49. The van der Waals surface area contributed by atoms with Crippen molar-refractivity contribution in [3.05, 3.63) is 35.4 Å². The lowest BCUT2D eigenvalue weighted by Crippen LogP contribution is -2.36. The fraction of sp³-hybridized carbons (Fsp3) is 0.500. The molecule has 0 aliphatic carbocycles. The fourth-order valence-electron chi connectivity index (χ4n) is 2.44. The van der Waals surface area contributed by atoms with E-state index in [1.54, 1.807) is 0 Å². The SMILES string of the molecule is CCOC(=O)C1NCCC1c1cccc(C)c1. The number of hydrogen-bond donors (Lipinski definition) is 1. The molecule has 2 unspecified atom stereocenters. The Kier molecular flexibility index (Phi) is 3.79. The quantitative estimate of drug-likeness (QED) is 0.812. The number of benzene rings is 1. The molecule has 1 heterocycles. The third-order valence-corrected chi connectivity index (χ3v) is 3.23. The second-order valence-electron chi connectivity index (χ2n) is 4.49. The van der Waals surface area contributed by atoms with Crippen LogP contribution in [-0.2, 0) is 9.53 Å². The summed E-state index contributed by atoms with van der Waals surface area (Å²) in [6.07, 6.45) is 0.993. The standard InChI is InChI=1S/C14H19NO2/c1-3-17-14(16)13-12(7-8-15-13)11-6-4-5-10(2)9-11/h4-6,9,12-13,15H,3,7-8H2,1-2H3. The molecule has 2 atom stereocenters. The molecule has 1 fully saturated rings. The van der Waals surface area contributed by atoms with Crippen LogP contribution >= 0.6 is 0 Å². The third-order valence-electron chi connectivity index (χ3n) is 3.23. The maximum absolute atomic E-state index is 11.8. The highest BCUT2D eigenvalue weighted by Crippen LogP contribution is 2.28. The minimum atomic E-state index is -0.184. The normalized spacial score (nSPS) is 23.6. The van der Waals surface area contributed by atoms with E-state index in [1.165, 1.54) is 11.1 Å². The van der Waals surface area contributed by atoms with Crippen LogP contribution in [0.25, 0.3) is 0 Å². The topological polar surface area (TPSA) is 38.3 Å². The first-order chi connectivity index (χ1) is 8.22. The molecule has 1 aliphatic rings. The van der Waals surface area contributed by atoms with Gasteiger partial charge in [-0.25, -0.2) is 0 Å². The maximum Gasteiger partial charge on any atom is 0.323 e. The monoisotopic (exact) mass is 233 g/mol. The minimum Gasteiger partial charge on any atom is -0.465 e. The zero-order valence-electron chi connectivity index (χ0n) is 10.4. The maximum atomic E-state index is 11.8. The van der Waals surface area contributed by atoms with Crippen LogP contribution < -0.4 is 5.32 Å². The van der Waals surface area contributed by atoms with Crippen molar-refractivity contribution < 1.29 is 9.53 Å². The van der Waals surface area contributed by atoms with Crippen molar-refractivity contribution in [2.45, 2.75) is 32.2 Å². The average molecular weight is 233 g/mol. The van der Waals surface area contributed by atoms with Crippen LogP contribution in [0, 0.1) is 6.92 Å². The molecule has 17 heavy (non-hydrogen) atoms. The van der Waals surface area contributed by atoms with Crippen molar-refractivity contribution >= 4 is 5.97 Å². The number of rotatable bonds is 3. The molecule has 0 amide bonds. The van der Waals surface area contributed by atoms with Gasteiger partial charge in [0.1, 0.15) is 6.04 Å². The van der Waals surface area contributed by atoms with Crippen molar-refractivity contribution in [1.29, 1.82) is 0 Å². The van der Waals surface area contributed by atoms with Crippen LogP contribution in [0.4, 0.5) is 0 Å². The molecular formula is C14H19NO2. The number of ether oxygens (including phenoxy) is 1. The molecule has 0 aromatic heterocycles. The van der Waals surface area contributed by atoms with Crippen molar-refractivity contribution in [1.82, 2.24) is 5.32 Å². The van der Waals surface area contributed by atoms with Crippen LogP contribution in [0.2, 0.25) is 0 Å². The first-order valence-electron chi connectivity index (χ1n) is 6.19. The van der Waals surface area contributed by atoms with E-state index >= 15 is 0 Å². The Morgan fingerprint density at radius 3 is 3.06 bits per heavy atom. The summed E-state index contributed by atoms with van der Waals surface area (Å²) in [5.74, 6) is 0.116. The summed E-state index contributed by atoms with van der Waals surface area (Å²) < 4.78 is 5.11. The zero-order valence-corrected chi connectivity index (χ0v) is 10.4. The van der Waals surface area contributed by atoms with Gasteiger partial charge in [0.05, 0.1) is 6.61 Å². The Bertz CT molecular complexity index is 403. The van der Waals surface area contributed by atoms with Crippen molar-refractivity contribution in [2.75, 3.05) is 13.2 Å². The molecule has 1 aromatic rings. The Balaban J connectivity index is 2.17. The van der Waals surface area contributed by atoms with Crippen molar-refractivity contribution in [3.8, 4) is 0 Å². The van der Waals surface area contributed by atoms with Gasteiger partial charge in [-0.05, 0) is 32.4 Å². The van der Waals surface area contributed by atoms with Crippen LogP contribution in [-0.4, -0.2) is 25.2 Å². The first kappa shape index (κ1) is 12.1. The van der Waals surface area contributed by atoms with Gasteiger partial charge in [-0.2, -0.15) is 0 Å². The van der Waals surface area contributed by atoms with E-state index in [0.717, 1.165) is 13.0 Å². The molecule has 0 radical (unpaired) electrons. The predicted octanol–water partition coefficient (Wildman–Crippen LogP) is 2.00. The minimum absolute atomic E-state index is 0.128. The highest BCUT2D eigenvalue weighted by Gasteiger charge is 2.34. The Morgan fingerprint density at radius 1 is 1.53 bits per heavy atom. The number of nitrogens with one attached hydrogen (secondary N) is 1. The number of hydrogen-bond acceptors (Lipinski definition) is 3. The number of aryl methyl sites for hydroxylation is 1. The van der Waals surface area contributed by atoms with Crippen molar-refractivity contribution in [3.63, 3.8) is 0 Å². The number of esters is 1. The van der Waals surface area contributed by atoms with E-state index in [9.17, 15) is 4.79 Å². The highest BCUT2D eigenvalue weighted by molar-refractivity contribution is 5.77. The fourth-order valence-corrected chi connectivity index (χ4v) is 2.44. The van der Waals surface area contributed by atoms with Crippen LogP contribution in [0.1, 0.15) is 30.4 Å². The van der Waals surface area contributed by atoms with Gasteiger partial charge in [0.25, 0.3) is 0 Å². The predicted molar refractivity (Wildman–Crippen MR) is 67.0 cm³/mol. The molecule has 2 rings (SSSR count). The second kappa shape index (κ2) is 5.32. The lowest BCUT2D eigenvalue weighted by Gasteiger charge is -2.18. The third kappa shape index (κ3) is 2.67. The molecule has 1 aromatic carbocycles. The molecule has 0 saturated carbocycles. The van der Waals surface area contributed by atoms with Crippen LogP contribution in [0.15, 0.2) is 24.3 Å². The molecule has 3 heteroatoms. The Morgan fingerprint density at radius 2 is 2.35 bits per heavy atom. The summed E-state index contributed by atoms with van der Waals surface area (Å²) in [5, 5.41) is 3.23. The first-order valence-corrected chi connectivity index (χ1v) is 6.19. The summed E-state index contributed by atoms with van der Waals surface area (Å²) in [5.41, 5.74) is 2.46. The lowest BCUT2D eigenvalue weighted by atomic mass is 9.91. The molecule has 1 saturated heterocycles. The van der Waals surface area contributed by atoms with Gasteiger partial charge in [-0.1, -0.05) is 29.8 Å². The van der Waals surface area contributed by atoms with E-state index in [1.807, 2.05) is 13.0 Å². The Hall–Kier alpha value is -1.35. The summed E-state index contributed by atoms with van der Waals surface area (Å²) >= 11 is 0. The molecular weight excluding hydrogens is 214 g/mol. The largest absolute Gasteiger partial charge is 0.465 e. The van der Waals surface area contributed by atoms with Crippen LogP contribution in [0.3, 0.4) is 0 Å². The van der Waals surface area contributed by atoms with Gasteiger partial charge >= 0.3 is 5.97 Å². The van der Waals surface area contributed by atoms with E-state index in [2.05, 4.69) is 30.4 Å². The smallest absolute Gasteiger partial charge is 0.323 e. The highest BCUT2D eigenvalue weighted by atomic mass is 16.5. The van der Waals surface area contributed by atoms with E-state index in [-0.39, 0.29) is 17.9 Å². The van der Waals surface area contributed by atoms with E-state index in [0.29, 0.717) is 6.61 Å². The molecule has 0 bridgehead atoms. The summed E-state index contributed by atoms with van der Waals surface area (Å²) in [7, 11) is 0. The van der Waals surface area contributed by atoms with Crippen molar-refractivity contribution in [2.24, 2.45) is 0 Å². The molecule has 92 valence electrons.